The zero-order chi connectivity index (χ0) is 22.6. The molecule has 0 fully saturated rings. The highest BCUT2D eigenvalue weighted by Crippen LogP contribution is 2.32. The number of benzene rings is 3. The maximum atomic E-state index is 12.8. The number of rotatable bonds is 7. The van der Waals surface area contributed by atoms with E-state index in [1.54, 1.807) is 48.5 Å². The molecule has 3 rings (SSSR count). The number of ether oxygens (including phenoxy) is 1. The molecule has 8 heteroatoms. The molecule has 0 aliphatic rings. The van der Waals surface area contributed by atoms with Crippen LogP contribution >= 0.6 is 0 Å². The largest absolute Gasteiger partial charge is 0.465 e. The van der Waals surface area contributed by atoms with E-state index in [9.17, 15) is 24.6 Å². The van der Waals surface area contributed by atoms with Crippen LogP contribution in [0.4, 0.5) is 0 Å². The van der Waals surface area contributed by atoms with E-state index in [1.807, 2.05) is 0 Å². The number of hydrogen-bond acceptors (Lipinski definition) is 6. The van der Waals surface area contributed by atoms with E-state index in [1.165, 1.54) is 25.3 Å². The third-order valence-corrected chi connectivity index (χ3v) is 5.06. The molecule has 3 aromatic rings. The first-order valence-corrected chi connectivity index (χ1v) is 9.42. The molecule has 0 spiro atoms. The number of amides is 2. The van der Waals surface area contributed by atoms with Gasteiger partial charge in [0.1, 0.15) is 6.10 Å². The van der Waals surface area contributed by atoms with E-state index in [0.717, 1.165) is 5.39 Å². The third-order valence-electron chi connectivity index (χ3n) is 5.06. The van der Waals surface area contributed by atoms with Gasteiger partial charge in [0.2, 0.25) is 0 Å². The van der Waals surface area contributed by atoms with Gasteiger partial charge in [-0.2, -0.15) is 0 Å². The molecule has 2 atom stereocenters. The second-order valence-corrected chi connectivity index (χ2v) is 6.97. The summed E-state index contributed by atoms with van der Waals surface area (Å²) in [7, 11) is 1.27. The Morgan fingerprint density at radius 1 is 1.03 bits per heavy atom. The Morgan fingerprint density at radius 2 is 1.68 bits per heavy atom. The van der Waals surface area contributed by atoms with Gasteiger partial charge in [0.15, 0.2) is 0 Å². The first kappa shape index (κ1) is 21.9. The molecule has 31 heavy (non-hydrogen) atoms. The van der Waals surface area contributed by atoms with Gasteiger partial charge < -0.3 is 26.0 Å². The van der Waals surface area contributed by atoms with Crippen LogP contribution in [0.2, 0.25) is 0 Å². The second-order valence-electron chi connectivity index (χ2n) is 6.97. The summed E-state index contributed by atoms with van der Waals surface area (Å²) in [5.74, 6) is -3.03. The number of methoxy groups -OCH3 is 1. The van der Waals surface area contributed by atoms with Crippen LogP contribution in [-0.2, 0) is 20.9 Å². The molecule has 0 radical (unpaired) electrons. The predicted molar refractivity (Wildman–Crippen MR) is 113 cm³/mol. The SMILES string of the molecule is COC(=O)c1ccc(CNC(=O)[C@](O)(C(N)=O)[C@H](O)c2cccc3ccccc23)cc1. The molecule has 5 N–H and O–H groups in total. The van der Waals surface area contributed by atoms with Crippen molar-refractivity contribution in [1.29, 1.82) is 0 Å². The minimum atomic E-state index is -2.89. The molecule has 0 aliphatic carbocycles. The van der Waals surface area contributed by atoms with Gasteiger partial charge >= 0.3 is 5.97 Å². The Kier molecular flexibility index (Phi) is 6.33. The van der Waals surface area contributed by atoms with E-state index in [2.05, 4.69) is 10.1 Å². The van der Waals surface area contributed by atoms with Crippen molar-refractivity contribution in [2.24, 2.45) is 5.73 Å². The van der Waals surface area contributed by atoms with Crippen LogP contribution in [0.1, 0.15) is 27.6 Å². The molecule has 2 amide bonds. The summed E-state index contributed by atoms with van der Waals surface area (Å²) in [6.07, 6.45) is -1.89. The van der Waals surface area contributed by atoms with Crippen molar-refractivity contribution in [3.63, 3.8) is 0 Å². The van der Waals surface area contributed by atoms with Gasteiger partial charge in [-0.3, -0.25) is 9.59 Å². The highest BCUT2D eigenvalue weighted by atomic mass is 16.5. The average molecular weight is 422 g/mol. The van der Waals surface area contributed by atoms with Crippen LogP contribution in [0.15, 0.2) is 66.7 Å². The lowest BCUT2D eigenvalue weighted by Gasteiger charge is -2.29. The number of esters is 1. The number of hydrogen-bond donors (Lipinski definition) is 4. The average Bonchev–Trinajstić information content (AvgIpc) is 2.80. The maximum Gasteiger partial charge on any atom is 0.337 e. The minimum absolute atomic E-state index is 0.0713. The molecule has 0 aliphatic heterocycles. The molecule has 3 aromatic carbocycles. The number of nitrogens with one attached hydrogen (secondary N) is 1. The van der Waals surface area contributed by atoms with Gasteiger partial charge in [-0.1, -0.05) is 54.6 Å². The first-order chi connectivity index (χ1) is 14.8. The van der Waals surface area contributed by atoms with Crippen molar-refractivity contribution < 1.29 is 29.3 Å². The Balaban J connectivity index is 1.83. The van der Waals surface area contributed by atoms with Crippen LogP contribution in [0, 0.1) is 0 Å². The molecule has 0 aromatic heterocycles. The van der Waals surface area contributed by atoms with Gasteiger partial charge in [0.25, 0.3) is 17.4 Å². The number of fused-ring (bicyclic) bond motifs is 1. The molecule has 160 valence electrons. The van der Waals surface area contributed by atoms with Crippen LogP contribution in [0.5, 0.6) is 0 Å². The molecule has 0 heterocycles. The molecule has 0 unspecified atom stereocenters. The van der Waals surface area contributed by atoms with E-state index < -0.39 is 29.5 Å². The lowest BCUT2D eigenvalue weighted by molar-refractivity contribution is -0.165. The number of aliphatic hydroxyl groups excluding tert-OH is 1. The first-order valence-electron chi connectivity index (χ1n) is 9.42. The highest BCUT2D eigenvalue weighted by Gasteiger charge is 2.50. The Hall–Kier alpha value is -3.75. The van der Waals surface area contributed by atoms with Crippen molar-refractivity contribution in [2.45, 2.75) is 18.2 Å². The Labute approximate surface area is 178 Å². The molecule has 0 saturated carbocycles. The number of carbonyl (C=O) groups is 3. The molecule has 8 nitrogen and oxygen atoms in total. The van der Waals surface area contributed by atoms with E-state index in [4.69, 9.17) is 5.73 Å². The molecular formula is C23H22N2O6. The number of primary amides is 1. The summed E-state index contributed by atoms with van der Waals surface area (Å²) >= 11 is 0. The smallest absolute Gasteiger partial charge is 0.337 e. The quantitative estimate of drug-likeness (QED) is 0.333. The fraction of sp³-hybridized carbons (Fsp3) is 0.174. The topological polar surface area (TPSA) is 139 Å². The Morgan fingerprint density at radius 3 is 2.32 bits per heavy atom. The molecule has 0 bridgehead atoms. The summed E-state index contributed by atoms with van der Waals surface area (Å²) < 4.78 is 4.62. The highest BCUT2D eigenvalue weighted by molar-refractivity contribution is 6.09. The van der Waals surface area contributed by atoms with Crippen molar-refractivity contribution in [3.8, 4) is 0 Å². The van der Waals surface area contributed by atoms with Crippen molar-refractivity contribution in [1.82, 2.24) is 5.32 Å². The summed E-state index contributed by atoms with van der Waals surface area (Å²) in [5.41, 5.74) is 3.55. The summed E-state index contributed by atoms with van der Waals surface area (Å²) in [6.45, 7) is -0.0713. The fourth-order valence-electron chi connectivity index (χ4n) is 3.28. The van der Waals surface area contributed by atoms with Gasteiger partial charge in [-0.15, -0.1) is 0 Å². The van der Waals surface area contributed by atoms with Crippen molar-refractivity contribution in [3.05, 3.63) is 83.4 Å². The van der Waals surface area contributed by atoms with Gasteiger partial charge in [0, 0.05) is 6.54 Å². The standard InChI is InChI=1S/C23H22N2O6/c1-31-20(27)16-11-9-14(10-12-16)13-25-22(29)23(30,21(24)28)19(26)18-8-4-6-15-5-2-3-7-17(15)18/h2-12,19,26,30H,13H2,1H3,(H2,24,28)(H,25,29)/t19-,23-/m1/s1. The maximum absolute atomic E-state index is 12.8. The minimum Gasteiger partial charge on any atom is -0.465 e. The van der Waals surface area contributed by atoms with E-state index in [0.29, 0.717) is 16.5 Å². The van der Waals surface area contributed by atoms with Crippen LogP contribution in [0.25, 0.3) is 10.8 Å². The van der Waals surface area contributed by atoms with Crippen molar-refractivity contribution >= 4 is 28.6 Å². The predicted octanol–water partition coefficient (Wildman–Crippen LogP) is 1.19. The van der Waals surface area contributed by atoms with E-state index >= 15 is 0 Å². The Bertz CT molecular complexity index is 1120. The fourth-order valence-corrected chi connectivity index (χ4v) is 3.28. The normalized spacial score (nSPS) is 13.8. The lowest BCUT2D eigenvalue weighted by Crippen LogP contribution is -2.59. The zero-order valence-corrected chi connectivity index (χ0v) is 16.7. The van der Waals surface area contributed by atoms with Gasteiger partial charge in [-0.05, 0) is 34.0 Å². The second kappa shape index (κ2) is 8.95. The van der Waals surface area contributed by atoms with Gasteiger partial charge in [-0.25, -0.2) is 4.79 Å². The van der Waals surface area contributed by atoms with E-state index in [-0.39, 0.29) is 12.1 Å². The third kappa shape index (κ3) is 4.25. The zero-order valence-electron chi connectivity index (χ0n) is 16.7. The summed E-state index contributed by atoms with van der Waals surface area (Å²) in [4.78, 5) is 36.3. The summed E-state index contributed by atoms with van der Waals surface area (Å²) in [6, 6.07) is 18.2. The lowest BCUT2D eigenvalue weighted by atomic mass is 9.86. The van der Waals surface area contributed by atoms with Crippen LogP contribution < -0.4 is 11.1 Å². The number of carbonyl (C=O) groups excluding carboxylic acids is 3. The van der Waals surface area contributed by atoms with Crippen molar-refractivity contribution in [2.75, 3.05) is 7.11 Å². The number of nitrogens with two attached hydrogens (primary N) is 1. The molecular weight excluding hydrogens is 400 g/mol. The number of aliphatic hydroxyl groups is 2. The van der Waals surface area contributed by atoms with Gasteiger partial charge in [0.05, 0.1) is 12.7 Å². The summed E-state index contributed by atoms with van der Waals surface area (Å²) in [5, 5.41) is 25.5. The van der Waals surface area contributed by atoms with Crippen LogP contribution in [0.3, 0.4) is 0 Å². The van der Waals surface area contributed by atoms with Crippen LogP contribution in [-0.4, -0.2) is 40.7 Å². The molecule has 0 saturated heterocycles. The monoisotopic (exact) mass is 422 g/mol.